The van der Waals surface area contributed by atoms with Gasteiger partial charge in [-0.25, -0.2) is 13.1 Å². The third kappa shape index (κ3) is 5.34. The molecule has 1 aromatic carbocycles. The highest BCUT2D eigenvalue weighted by Gasteiger charge is 2.26. The minimum absolute atomic E-state index is 0.00920. The Morgan fingerprint density at radius 3 is 2.83 bits per heavy atom. The topological polar surface area (TPSA) is 138 Å². The van der Waals surface area contributed by atoms with Crippen molar-refractivity contribution in [2.24, 2.45) is 5.73 Å². The van der Waals surface area contributed by atoms with Crippen LogP contribution in [0.15, 0.2) is 35.2 Å². The van der Waals surface area contributed by atoms with Gasteiger partial charge in [-0.15, -0.1) is 0 Å². The van der Waals surface area contributed by atoms with Gasteiger partial charge in [-0.05, 0) is 37.1 Å². The number of nitrogens with one attached hydrogen (secondary N) is 2. The molecule has 0 saturated carbocycles. The molecule has 4 N–H and O–H groups in total. The first-order valence-corrected chi connectivity index (χ1v) is 11.0. The Morgan fingerprint density at radius 2 is 2.14 bits per heavy atom. The lowest BCUT2D eigenvalue weighted by atomic mass is 9.94. The van der Waals surface area contributed by atoms with E-state index in [0.717, 1.165) is 18.5 Å². The van der Waals surface area contributed by atoms with E-state index >= 15 is 0 Å². The summed E-state index contributed by atoms with van der Waals surface area (Å²) in [4.78, 5) is 25.5. The van der Waals surface area contributed by atoms with Crippen molar-refractivity contribution in [3.8, 4) is 0 Å². The summed E-state index contributed by atoms with van der Waals surface area (Å²) in [5.41, 5.74) is 6.15. The van der Waals surface area contributed by atoms with Crippen LogP contribution in [-0.2, 0) is 14.8 Å². The molecular formula is C18H22ClN5O4S. The van der Waals surface area contributed by atoms with Crippen LogP contribution in [0.25, 0.3) is 0 Å². The van der Waals surface area contributed by atoms with Gasteiger partial charge in [0.2, 0.25) is 15.9 Å². The second kappa shape index (κ2) is 8.93. The zero-order valence-electron chi connectivity index (χ0n) is 15.6. The second-order valence-corrected chi connectivity index (χ2v) is 9.06. The van der Waals surface area contributed by atoms with Crippen LogP contribution in [0.5, 0.6) is 0 Å². The Kier molecular flexibility index (Phi) is 6.56. The van der Waals surface area contributed by atoms with E-state index < -0.39 is 15.9 Å². The smallest absolute Gasteiger partial charge is 0.269 e. The molecule has 2 amide bonds. The van der Waals surface area contributed by atoms with Crippen LogP contribution in [0.3, 0.4) is 0 Å². The van der Waals surface area contributed by atoms with E-state index in [1.165, 1.54) is 12.1 Å². The van der Waals surface area contributed by atoms with Gasteiger partial charge in [0.05, 0.1) is 4.90 Å². The van der Waals surface area contributed by atoms with E-state index in [9.17, 15) is 18.0 Å². The summed E-state index contributed by atoms with van der Waals surface area (Å²) in [5.74, 6) is -0.724. The highest BCUT2D eigenvalue weighted by atomic mass is 35.5. The van der Waals surface area contributed by atoms with Gasteiger partial charge in [-0.2, -0.15) is 5.10 Å². The van der Waals surface area contributed by atoms with Crippen molar-refractivity contribution in [1.29, 1.82) is 0 Å². The molecule has 1 aliphatic rings. The fourth-order valence-electron chi connectivity index (χ4n) is 3.30. The molecule has 2 aromatic rings. The zero-order valence-corrected chi connectivity index (χ0v) is 17.2. The van der Waals surface area contributed by atoms with Crippen molar-refractivity contribution in [3.63, 3.8) is 0 Å². The van der Waals surface area contributed by atoms with Crippen molar-refractivity contribution in [2.75, 3.05) is 19.6 Å². The molecule has 0 unspecified atom stereocenters. The van der Waals surface area contributed by atoms with Gasteiger partial charge < -0.3 is 10.6 Å². The molecule has 0 spiro atoms. The predicted molar refractivity (Wildman–Crippen MR) is 107 cm³/mol. The maximum absolute atomic E-state index is 12.5. The van der Waals surface area contributed by atoms with E-state index in [1.807, 2.05) is 0 Å². The van der Waals surface area contributed by atoms with E-state index in [0.29, 0.717) is 18.1 Å². The molecular weight excluding hydrogens is 418 g/mol. The summed E-state index contributed by atoms with van der Waals surface area (Å²) in [6.07, 6.45) is 1.70. The van der Waals surface area contributed by atoms with Crippen LogP contribution in [0.2, 0.25) is 5.02 Å². The van der Waals surface area contributed by atoms with Crippen LogP contribution < -0.4 is 10.5 Å². The van der Waals surface area contributed by atoms with E-state index in [1.54, 1.807) is 23.1 Å². The summed E-state index contributed by atoms with van der Waals surface area (Å²) in [6, 6.07) is 7.54. The Balaban J connectivity index is 1.54. The number of sulfonamides is 1. The number of carbonyl (C=O) groups is 2. The van der Waals surface area contributed by atoms with E-state index in [2.05, 4.69) is 14.9 Å². The number of primary amides is 1. The lowest BCUT2D eigenvalue weighted by molar-refractivity contribution is -0.132. The number of piperidine rings is 1. The van der Waals surface area contributed by atoms with Crippen molar-refractivity contribution >= 4 is 33.4 Å². The molecule has 2 heterocycles. The molecule has 1 fully saturated rings. The first kappa shape index (κ1) is 21.3. The average molecular weight is 440 g/mol. The Labute approximate surface area is 173 Å². The zero-order chi connectivity index (χ0) is 21.0. The van der Waals surface area contributed by atoms with Crippen LogP contribution in [0.1, 0.15) is 41.4 Å². The molecule has 156 valence electrons. The summed E-state index contributed by atoms with van der Waals surface area (Å²) >= 11 is 5.83. The molecule has 1 aromatic heterocycles. The minimum Gasteiger partial charge on any atom is -0.364 e. The van der Waals surface area contributed by atoms with Gasteiger partial charge in [-0.1, -0.05) is 17.7 Å². The number of H-pyrrole nitrogens is 1. The normalized spacial score (nSPS) is 17.3. The molecule has 0 aliphatic carbocycles. The summed E-state index contributed by atoms with van der Waals surface area (Å²) in [6.45, 7) is 1.07. The van der Waals surface area contributed by atoms with Crippen molar-refractivity contribution < 1.29 is 18.0 Å². The third-order valence-electron chi connectivity index (χ3n) is 4.80. The fourth-order valence-corrected chi connectivity index (χ4v) is 4.63. The Hall–Kier alpha value is -2.43. The monoisotopic (exact) mass is 439 g/mol. The molecule has 1 saturated heterocycles. The maximum Gasteiger partial charge on any atom is 0.269 e. The van der Waals surface area contributed by atoms with Gasteiger partial charge in [0.1, 0.15) is 5.69 Å². The summed E-state index contributed by atoms with van der Waals surface area (Å²) < 4.78 is 27.0. The molecule has 0 bridgehead atoms. The number of nitrogens with zero attached hydrogens (tertiary/aromatic N) is 2. The molecule has 0 radical (unpaired) electrons. The number of benzene rings is 1. The molecule has 11 heteroatoms. The quantitative estimate of drug-likeness (QED) is 0.595. The summed E-state index contributed by atoms with van der Waals surface area (Å²) in [7, 11) is -3.73. The molecule has 1 atom stereocenters. The number of amides is 2. The van der Waals surface area contributed by atoms with Crippen molar-refractivity contribution in [1.82, 2.24) is 19.8 Å². The Bertz CT molecular complexity index is 1010. The molecule has 3 rings (SSSR count). The van der Waals surface area contributed by atoms with Gasteiger partial charge in [0.25, 0.3) is 5.91 Å². The maximum atomic E-state index is 12.5. The molecule has 29 heavy (non-hydrogen) atoms. The van der Waals surface area contributed by atoms with Gasteiger partial charge in [-0.3, -0.25) is 14.7 Å². The van der Waals surface area contributed by atoms with Gasteiger partial charge >= 0.3 is 0 Å². The number of nitrogens with two attached hydrogens (primary N) is 1. The highest BCUT2D eigenvalue weighted by molar-refractivity contribution is 7.89. The number of likely N-dealkylation sites (tertiary alicyclic amines) is 1. The number of halogens is 1. The van der Waals surface area contributed by atoms with Gasteiger partial charge in [0, 0.05) is 42.7 Å². The average Bonchev–Trinajstić information content (AvgIpc) is 3.18. The number of hydrogen-bond acceptors (Lipinski definition) is 5. The number of carbonyl (C=O) groups excluding carboxylic acids is 2. The number of aromatic nitrogens is 2. The SMILES string of the molecule is NC(=O)c1cc([C@H]2CCCN(C(=O)CCNS(=O)(=O)c3cccc(Cl)c3)C2)[nH]n1. The van der Waals surface area contributed by atoms with Crippen LogP contribution in [0.4, 0.5) is 0 Å². The number of rotatable bonds is 7. The number of aromatic amines is 1. The molecule has 9 nitrogen and oxygen atoms in total. The van der Waals surface area contributed by atoms with Crippen LogP contribution in [0, 0.1) is 0 Å². The van der Waals surface area contributed by atoms with E-state index in [4.69, 9.17) is 17.3 Å². The first-order chi connectivity index (χ1) is 13.8. The largest absolute Gasteiger partial charge is 0.364 e. The van der Waals surface area contributed by atoms with Crippen molar-refractivity contribution in [2.45, 2.75) is 30.1 Å². The molecule has 1 aliphatic heterocycles. The van der Waals surface area contributed by atoms with Gasteiger partial charge in [0.15, 0.2) is 0 Å². The van der Waals surface area contributed by atoms with Crippen molar-refractivity contribution in [3.05, 3.63) is 46.7 Å². The number of hydrogen-bond donors (Lipinski definition) is 3. The minimum atomic E-state index is -3.73. The van der Waals surface area contributed by atoms with Crippen LogP contribution >= 0.6 is 11.6 Å². The highest BCUT2D eigenvalue weighted by Crippen LogP contribution is 2.26. The predicted octanol–water partition coefficient (Wildman–Crippen LogP) is 1.24. The summed E-state index contributed by atoms with van der Waals surface area (Å²) in [5, 5.41) is 7.02. The Morgan fingerprint density at radius 1 is 1.34 bits per heavy atom. The lowest BCUT2D eigenvalue weighted by Crippen LogP contribution is -2.40. The standard InChI is InChI=1S/C18H22ClN5O4S/c19-13-4-1-5-14(9-13)29(27,28)21-7-6-17(25)24-8-2-3-12(11-24)15-10-16(18(20)26)23-22-15/h1,4-5,9-10,12,21H,2-3,6-8,11H2,(H2,20,26)(H,22,23)/t12-/m0/s1. The fraction of sp³-hybridized carbons (Fsp3) is 0.389. The third-order valence-corrected chi connectivity index (χ3v) is 6.50. The lowest BCUT2D eigenvalue weighted by Gasteiger charge is -2.32. The second-order valence-electron chi connectivity index (χ2n) is 6.86. The first-order valence-electron chi connectivity index (χ1n) is 9.14. The van der Waals surface area contributed by atoms with E-state index in [-0.39, 0.29) is 35.4 Å². The van der Waals surface area contributed by atoms with Crippen LogP contribution in [-0.4, -0.2) is 55.0 Å².